The lowest BCUT2D eigenvalue weighted by molar-refractivity contribution is 0.239. The quantitative estimate of drug-likeness (QED) is 0.854. The third-order valence-electron chi connectivity index (χ3n) is 3.91. The summed E-state index contributed by atoms with van der Waals surface area (Å²) >= 11 is 0. The van der Waals surface area contributed by atoms with E-state index in [2.05, 4.69) is 41.2 Å². The van der Waals surface area contributed by atoms with Gasteiger partial charge < -0.3 is 15.3 Å². The van der Waals surface area contributed by atoms with Crippen LogP contribution in [0.3, 0.4) is 0 Å². The molecule has 1 saturated heterocycles. The highest BCUT2D eigenvalue weighted by molar-refractivity contribution is 5.43. The summed E-state index contributed by atoms with van der Waals surface area (Å²) in [6, 6.07) is 4.78. The Morgan fingerprint density at radius 2 is 2.37 bits per heavy atom. The molecule has 0 saturated carbocycles. The normalized spacial score (nSPS) is 21.4. The molecule has 106 valence electrons. The van der Waals surface area contributed by atoms with Gasteiger partial charge in [0.05, 0.1) is 12.6 Å². The van der Waals surface area contributed by atoms with Gasteiger partial charge in [0.25, 0.3) is 0 Å². The van der Waals surface area contributed by atoms with Crippen molar-refractivity contribution in [2.24, 2.45) is 0 Å². The van der Waals surface area contributed by atoms with Gasteiger partial charge in [0.2, 0.25) is 0 Å². The van der Waals surface area contributed by atoms with E-state index < -0.39 is 0 Å². The molecule has 0 spiro atoms. The van der Waals surface area contributed by atoms with E-state index >= 15 is 0 Å². The van der Waals surface area contributed by atoms with Crippen molar-refractivity contribution in [3.05, 3.63) is 23.9 Å². The van der Waals surface area contributed by atoms with Gasteiger partial charge in [0.1, 0.15) is 5.82 Å². The van der Waals surface area contributed by atoms with Crippen LogP contribution in [-0.4, -0.2) is 35.8 Å². The predicted octanol–water partition coefficient (Wildman–Crippen LogP) is 2.10. The van der Waals surface area contributed by atoms with Crippen LogP contribution in [0.4, 0.5) is 5.82 Å². The van der Waals surface area contributed by atoms with E-state index in [1.807, 2.05) is 6.20 Å². The summed E-state index contributed by atoms with van der Waals surface area (Å²) in [6.07, 6.45) is 5.33. The Labute approximate surface area is 115 Å². The number of nitrogens with one attached hydrogen (secondary N) is 1. The molecular weight excluding hydrogens is 238 g/mol. The second kappa shape index (κ2) is 6.87. The molecule has 2 heterocycles. The van der Waals surface area contributed by atoms with Gasteiger partial charge in [-0.1, -0.05) is 6.92 Å². The molecule has 0 aliphatic carbocycles. The number of rotatable bonds is 5. The van der Waals surface area contributed by atoms with E-state index in [0.29, 0.717) is 6.04 Å². The molecule has 2 N–H and O–H groups in total. The SMILES string of the molecule is CCNC(C)c1ccnc(N2CCCCC2CO)c1. The fraction of sp³-hybridized carbons (Fsp3) is 0.667. The minimum Gasteiger partial charge on any atom is -0.394 e. The van der Waals surface area contributed by atoms with Crippen LogP contribution >= 0.6 is 0 Å². The smallest absolute Gasteiger partial charge is 0.129 e. The number of hydrogen-bond acceptors (Lipinski definition) is 4. The number of aromatic nitrogens is 1. The van der Waals surface area contributed by atoms with Crippen molar-refractivity contribution in [2.45, 2.75) is 45.2 Å². The third kappa shape index (κ3) is 3.45. The van der Waals surface area contributed by atoms with Gasteiger partial charge in [-0.15, -0.1) is 0 Å². The Balaban J connectivity index is 2.17. The van der Waals surface area contributed by atoms with Crippen LogP contribution in [0.1, 0.15) is 44.7 Å². The summed E-state index contributed by atoms with van der Waals surface area (Å²) in [5.74, 6) is 1.00. The Bertz CT molecular complexity index is 397. The first kappa shape index (κ1) is 14.3. The highest BCUT2D eigenvalue weighted by Gasteiger charge is 2.23. The fourth-order valence-electron chi connectivity index (χ4n) is 2.78. The molecule has 0 amide bonds. The highest BCUT2D eigenvalue weighted by Crippen LogP contribution is 2.25. The number of nitrogens with zero attached hydrogens (tertiary/aromatic N) is 2. The summed E-state index contributed by atoms with van der Waals surface area (Å²) in [6.45, 7) is 6.46. The van der Waals surface area contributed by atoms with Crippen molar-refractivity contribution in [2.75, 3.05) is 24.6 Å². The van der Waals surface area contributed by atoms with Gasteiger partial charge in [-0.05, 0) is 50.4 Å². The third-order valence-corrected chi connectivity index (χ3v) is 3.91. The largest absolute Gasteiger partial charge is 0.394 e. The van der Waals surface area contributed by atoms with Crippen LogP contribution in [0.25, 0.3) is 0 Å². The van der Waals surface area contributed by atoms with Crippen LogP contribution in [0.2, 0.25) is 0 Å². The van der Waals surface area contributed by atoms with Crippen molar-refractivity contribution in [3.63, 3.8) is 0 Å². The Hall–Kier alpha value is -1.13. The standard InChI is InChI=1S/C15H25N3O/c1-3-16-12(2)13-7-8-17-15(10-13)18-9-5-4-6-14(18)11-19/h7-8,10,12,14,16,19H,3-6,9,11H2,1-2H3. The maximum absolute atomic E-state index is 9.50. The lowest BCUT2D eigenvalue weighted by Crippen LogP contribution is -2.42. The van der Waals surface area contributed by atoms with Crippen molar-refractivity contribution in [1.29, 1.82) is 0 Å². The van der Waals surface area contributed by atoms with Crippen LogP contribution < -0.4 is 10.2 Å². The molecule has 2 unspecified atom stereocenters. The van der Waals surface area contributed by atoms with Crippen molar-refractivity contribution >= 4 is 5.82 Å². The van der Waals surface area contributed by atoms with Crippen LogP contribution in [0.5, 0.6) is 0 Å². The van der Waals surface area contributed by atoms with E-state index in [-0.39, 0.29) is 12.6 Å². The molecule has 4 nitrogen and oxygen atoms in total. The van der Waals surface area contributed by atoms with Gasteiger partial charge in [0, 0.05) is 18.8 Å². The summed E-state index contributed by atoms with van der Waals surface area (Å²) in [4.78, 5) is 6.75. The first-order chi connectivity index (χ1) is 9.26. The summed E-state index contributed by atoms with van der Waals surface area (Å²) < 4.78 is 0. The number of hydrogen-bond donors (Lipinski definition) is 2. The molecule has 0 bridgehead atoms. The molecule has 4 heteroatoms. The first-order valence-electron chi connectivity index (χ1n) is 7.33. The minimum atomic E-state index is 0.217. The average molecular weight is 263 g/mol. The Kier molecular flexibility index (Phi) is 5.16. The predicted molar refractivity (Wildman–Crippen MR) is 78.4 cm³/mol. The number of aliphatic hydroxyl groups excluding tert-OH is 1. The van der Waals surface area contributed by atoms with E-state index in [4.69, 9.17) is 0 Å². The van der Waals surface area contributed by atoms with E-state index in [1.165, 1.54) is 18.4 Å². The minimum absolute atomic E-state index is 0.217. The Morgan fingerprint density at radius 3 is 3.11 bits per heavy atom. The molecule has 1 fully saturated rings. The van der Waals surface area contributed by atoms with Gasteiger partial charge in [-0.3, -0.25) is 0 Å². The van der Waals surface area contributed by atoms with Gasteiger partial charge in [-0.2, -0.15) is 0 Å². The first-order valence-corrected chi connectivity index (χ1v) is 7.33. The lowest BCUT2D eigenvalue weighted by Gasteiger charge is -2.35. The summed E-state index contributed by atoms with van der Waals surface area (Å²) in [7, 11) is 0. The molecular formula is C15H25N3O. The molecule has 0 radical (unpaired) electrons. The number of pyridine rings is 1. The van der Waals surface area contributed by atoms with E-state index in [1.54, 1.807) is 0 Å². The average Bonchev–Trinajstić information content (AvgIpc) is 2.47. The summed E-state index contributed by atoms with van der Waals surface area (Å²) in [5, 5.41) is 12.9. The van der Waals surface area contributed by atoms with Gasteiger partial charge in [-0.25, -0.2) is 4.98 Å². The zero-order valence-corrected chi connectivity index (χ0v) is 12.0. The van der Waals surface area contributed by atoms with Crippen molar-refractivity contribution < 1.29 is 5.11 Å². The Morgan fingerprint density at radius 1 is 1.53 bits per heavy atom. The second-order valence-electron chi connectivity index (χ2n) is 5.25. The number of aliphatic hydroxyl groups is 1. The molecule has 1 aromatic heterocycles. The fourth-order valence-corrected chi connectivity index (χ4v) is 2.78. The highest BCUT2D eigenvalue weighted by atomic mass is 16.3. The maximum atomic E-state index is 9.50. The van der Waals surface area contributed by atoms with E-state index in [0.717, 1.165) is 25.3 Å². The molecule has 1 aliphatic rings. The molecule has 0 aromatic carbocycles. The number of anilines is 1. The molecule has 2 rings (SSSR count). The second-order valence-corrected chi connectivity index (χ2v) is 5.25. The van der Waals surface area contributed by atoms with Crippen molar-refractivity contribution in [1.82, 2.24) is 10.3 Å². The van der Waals surface area contributed by atoms with Crippen LogP contribution in [-0.2, 0) is 0 Å². The molecule has 1 aliphatic heterocycles. The van der Waals surface area contributed by atoms with Gasteiger partial charge in [0.15, 0.2) is 0 Å². The molecule has 1 aromatic rings. The molecule has 19 heavy (non-hydrogen) atoms. The van der Waals surface area contributed by atoms with Crippen LogP contribution in [0, 0.1) is 0 Å². The maximum Gasteiger partial charge on any atom is 0.129 e. The monoisotopic (exact) mass is 263 g/mol. The lowest BCUT2D eigenvalue weighted by atomic mass is 10.0. The zero-order chi connectivity index (χ0) is 13.7. The topological polar surface area (TPSA) is 48.4 Å². The van der Waals surface area contributed by atoms with Crippen molar-refractivity contribution in [3.8, 4) is 0 Å². The summed E-state index contributed by atoms with van der Waals surface area (Å²) in [5.41, 5.74) is 1.26. The number of piperidine rings is 1. The van der Waals surface area contributed by atoms with Crippen LogP contribution in [0.15, 0.2) is 18.3 Å². The van der Waals surface area contributed by atoms with Gasteiger partial charge >= 0.3 is 0 Å². The zero-order valence-electron chi connectivity index (χ0n) is 12.0. The van der Waals surface area contributed by atoms with E-state index in [9.17, 15) is 5.11 Å². The molecule has 2 atom stereocenters.